The first-order chi connectivity index (χ1) is 20.7. The zero-order valence-electron chi connectivity index (χ0n) is 28.3. The Labute approximate surface area is 262 Å². The third-order valence-electron chi connectivity index (χ3n) is 6.25. The Bertz CT molecular complexity index is 1420. The highest BCUT2D eigenvalue weighted by molar-refractivity contribution is 5.99. The van der Waals surface area contributed by atoms with Crippen molar-refractivity contribution in [2.45, 2.75) is 93.3 Å². The molecule has 0 aliphatic heterocycles. The molecule has 10 heteroatoms. The fraction of sp³-hybridized carbons (Fsp3) is 0.500. The van der Waals surface area contributed by atoms with Gasteiger partial charge in [-0.1, -0.05) is 27.7 Å². The number of alkyl carbamates (subject to hydrolysis) is 1. The van der Waals surface area contributed by atoms with Crippen LogP contribution in [0.3, 0.4) is 0 Å². The van der Waals surface area contributed by atoms with Crippen LogP contribution in [0.15, 0.2) is 59.0 Å². The van der Waals surface area contributed by atoms with Gasteiger partial charge in [0.05, 0.1) is 12.2 Å². The number of fused-ring (bicyclic) bond motifs is 1. The number of carbonyl (C=O) groups is 1. The number of hydrogen-bond donors (Lipinski definition) is 3. The van der Waals surface area contributed by atoms with Crippen molar-refractivity contribution in [3.63, 3.8) is 0 Å². The van der Waals surface area contributed by atoms with Gasteiger partial charge in [0.1, 0.15) is 22.8 Å². The summed E-state index contributed by atoms with van der Waals surface area (Å²) >= 11 is 0. The molecular weight excluding hydrogens is 561 g/mol. The molecule has 0 radical (unpaired) electrons. The molecule has 0 aliphatic rings. The number of pyridine rings is 1. The van der Waals surface area contributed by atoms with Crippen LogP contribution in [-0.2, 0) is 11.2 Å². The lowest BCUT2D eigenvalue weighted by Crippen LogP contribution is -2.33. The Hall–Kier alpha value is -3.92. The van der Waals surface area contributed by atoms with E-state index in [-0.39, 0.29) is 6.61 Å². The number of nitrogens with one attached hydrogen (secondary N) is 1. The van der Waals surface area contributed by atoms with Crippen LogP contribution in [0.2, 0.25) is 0 Å². The van der Waals surface area contributed by atoms with Crippen LogP contribution in [0.25, 0.3) is 16.8 Å². The second kappa shape index (κ2) is 17.4. The fourth-order valence-electron chi connectivity index (χ4n) is 4.11. The number of hydrogen-bond acceptors (Lipinski definition) is 7. The molecule has 1 aromatic carbocycles. The van der Waals surface area contributed by atoms with E-state index >= 15 is 0 Å². The average Bonchev–Trinajstić information content (AvgIpc) is 3.37. The van der Waals surface area contributed by atoms with Crippen molar-refractivity contribution in [3.05, 3.63) is 65.5 Å². The number of ether oxygens (including phenoxy) is 2. The van der Waals surface area contributed by atoms with E-state index in [0.717, 1.165) is 16.9 Å². The Morgan fingerprint density at radius 2 is 1.77 bits per heavy atom. The standard InChI is InChI=1S/C30H40FN5O4.2C2H6/c1-19(33-7)23(27(32)30(5,6)38)13-15-39-25-16-21(31)9-10-24(25)20-8-11-26-35-17-22(36(26)18-20)12-14-34-28(37)40-29(2,3)4;2*1-2/h8-11,16-18,38H,12-15,32H2,1-7H3,(H,34,37);2*1-2H3/b27-23-,33-19?;;. The fourth-order valence-corrected chi connectivity index (χ4v) is 4.11. The van der Waals surface area contributed by atoms with Gasteiger partial charge in [0.15, 0.2) is 0 Å². The van der Waals surface area contributed by atoms with Crippen molar-refractivity contribution < 1.29 is 23.8 Å². The van der Waals surface area contributed by atoms with Crippen molar-refractivity contribution in [2.24, 2.45) is 10.7 Å². The summed E-state index contributed by atoms with van der Waals surface area (Å²) in [5.74, 6) is -0.0469. The van der Waals surface area contributed by atoms with Gasteiger partial charge >= 0.3 is 6.09 Å². The van der Waals surface area contributed by atoms with E-state index in [1.807, 2.05) is 78.1 Å². The van der Waals surface area contributed by atoms with Crippen molar-refractivity contribution in [1.29, 1.82) is 0 Å². The molecule has 2 aromatic heterocycles. The van der Waals surface area contributed by atoms with Gasteiger partial charge in [-0.2, -0.15) is 0 Å². The van der Waals surface area contributed by atoms with Gasteiger partial charge in [-0.3, -0.25) is 4.99 Å². The summed E-state index contributed by atoms with van der Waals surface area (Å²) < 4.78 is 27.6. The maximum absolute atomic E-state index is 14.3. The quantitative estimate of drug-likeness (QED) is 0.210. The number of halogens is 1. The normalized spacial score (nSPS) is 12.3. The summed E-state index contributed by atoms with van der Waals surface area (Å²) in [4.78, 5) is 20.7. The van der Waals surface area contributed by atoms with Gasteiger partial charge in [0.2, 0.25) is 0 Å². The minimum absolute atomic E-state index is 0.199. The number of nitrogens with zero attached hydrogens (tertiary/aromatic N) is 3. The first-order valence-corrected chi connectivity index (χ1v) is 15.2. The SMILES string of the molecule is CC.CC.CN=C(C)/C(CCOc1cc(F)ccc1-c1ccc2ncc(CCNC(=O)OC(C)(C)C)n2c1)=C(\N)C(C)(C)O. The van der Waals surface area contributed by atoms with E-state index in [9.17, 15) is 14.3 Å². The molecule has 0 spiro atoms. The number of nitrogens with two attached hydrogens (primary N) is 1. The van der Waals surface area contributed by atoms with Crippen LogP contribution in [0.4, 0.5) is 9.18 Å². The van der Waals surface area contributed by atoms with Crippen molar-refractivity contribution in [1.82, 2.24) is 14.7 Å². The van der Waals surface area contributed by atoms with Crippen molar-refractivity contribution >= 4 is 17.5 Å². The summed E-state index contributed by atoms with van der Waals surface area (Å²) in [5, 5.41) is 13.2. The molecule has 44 heavy (non-hydrogen) atoms. The second-order valence-electron chi connectivity index (χ2n) is 11.1. The van der Waals surface area contributed by atoms with Crippen LogP contribution in [-0.4, -0.2) is 57.7 Å². The lowest BCUT2D eigenvalue weighted by Gasteiger charge is -2.22. The first kappa shape index (κ1) is 38.1. The molecule has 2 heterocycles. The average molecular weight is 614 g/mol. The van der Waals surface area contributed by atoms with Crippen LogP contribution in [0, 0.1) is 5.82 Å². The highest BCUT2D eigenvalue weighted by Gasteiger charge is 2.22. The first-order valence-electron chi connectivity index (χ1n) is 15.2. The molecule has 0 aliphatic carbocycles. The smallest absolute Gasteiger partial charge is 0.407 e. The minimum atomic E-state index is -1.22. The third-order valence-corrected chi connectivity index (χ3v) is 6.25. The molecule has 3 rings (SSSR count). The molecule has 0 fully saturated rings. The number of imidazole rings is 1. The van der Waals surface area contributed by atoms with E-state index in [0.29, 0.717) is 47.7 Å². The summed E-state index contributed by atoms with van der Waals surface area (Å²) in [6.45, 7) is 19.1. The highest BCUT2D eigenvalue weighted by atomic mass is 19.1. The lowest BCUT2D eigenvalue weighted by molar-refractivity contribution is 0.0528. The Kier molecular flexibility index (Phi) is 15.1. The molecule has 0 unspecified atom stereocenters. The number of benzene rings is 1. The molecule has 0 atom stereocenters. The monoisotopic (exact) mass is 613 g/mol. The van der Waals surface area contributed by atoms with Crippen molar-refractivity contribution in [2.75, 3.05) is 20.2 Å². The van der Waals surface area contributed by atoms with Crippen LogP contribution in [0.1, 0.15) is 81.4 Å². The van der Waals surface area contributed by atoms with E-state index in [1.165, 1.54) is 12.1 Å². The van der Waals surface area contributed by atoms with E-state index in [4.69, 9.17) is 15.2 Å². The minimum Gasteiger partial charge on any atom is -0.492 e. The molecule has 3 aromatic rings. The molecular formula is C34H52FN5O4. The van der Waals surface area contributed by atoms with Crippen LogP contribution >= 0.6 is 0 Å². The highest BCUT2D eigenvalue weighted by Crippen LogP contribution is 2.32. The number of aliphatic imine (C=N–C) groups is 1. The Morgan fingerprint density at radius 1 is 1.11 bits per heavy atom. The number of rotatable bonds is 10. The van der Waals surface area contributed by atoms with Crippen LogP contribution in [0.5, 0.6) is 5.75 Å². The zero-order valence-corrected chi connectivity index (χ0v) is 28.3. The lowest BCUT2D eigenvalue weighted by atomic mass is 9.96. The summed E-state index contributed by atoms with van der Waals surface area (Å²) in [6, 6.07) is 8.18. The predicted octanol–water partition coefficient (Wildman–Crippen LogP) is 7.10. The van der Waals surface area contributed by atoms with E-state index in [1.54, 1.807) is 33.2 Å². The number of amides is 1. The second-order valence-corrected chi connectivity index (χ2v) is 11.1. The third kappa shape index (κ3) is 11.3. The summed E-state index contributed by atoms with van der Waals surface area (Å²) in [7, 11) is 1.66. The molecule has 4 N–H and O–H groups in total. The summed E-state index contributed by atoms with van der Waals surface area (Å²) in [5.41, 5.74) is 9.29. The number of carbonyl (C=O) groups excluding carboxylic acids is 1. The van der Waals surface area contributed by atoms with E-state index in [2.05, 4.69) is 15.3 Å². The Balaban J connectivity index is 0.00000232. The van der Waals surface area contributed by atoms with E-state index < -0.39 is 23.1 Å². The number of aromatic nitrogens is 2. The molecule has 0 saturated heterocycles. The maximum Gasteiger partial charge on any atom is 0.407 e. The Morgan fingerprint density at radius 3 is 2.36 bits per heavy atom. The van der Waals surface area contributed by atoms with Crippen molar-refractivity contribution in [3.8, 4) is 16.9 Å². The molecule has 9 nitrogen and oxygen atoms in total. The largest absolute Gasteiger partial charge is 0.492 e. The number of aliphatic hydroxyl groups is 1. The molecule has 0 bridgehead atoms. The van der Waals surface area contributed by atoms with Crippen LogP contribution < -0.4 is 15.8 Å². The predicted molar refractivity (Wildman–Crippen MR) is 178 cm³/mol. The summed E-state index contributed by atoms with van der Waals surface area (Å²) in [6.07, 6.45) is 4.11. The van der Waals surface area contributed by atoms with Gasteiger partial charge in [-0.15, -0.1) is 0 Å². The molecule has 1 amide bonds. The zero-order chi connectivity index (χ0) is 33.7. The topological polar surface area (TPSA) is 123 Å². The molecule has 244 valence electrons. The van der Waals surface area contributed by atoms with Gasteiger partial charge in [-0.25, -0.2) is 14.2 Å². The van der Waals surface area contributed by atoms with Gasteiger partial charge in [0.25, 0.3) is 0 Å². The maximum atomic E-state index is 14.3. The van der Waals surface area contributed by atoms with Gasteiger partial charge in [0, 0.05) is 73.1 Å². The van der Waals surface area contributed by atoms with Gasteiger partial charge in [-0.05, 0) is 71.4 Å². The molecule has 0 saturated carbocycles. The van der Waals surface area contributed by atoms with Gasteiger partial charge < -0.3 is 30.0 Å².